The summed E-state index contributed by atoms with van der Waals surface area (Å²) in [5.74, 6) is -0.531. The van der Waals surface area contributed by atoms with Crippen molar-refractivity contribution in [2.45, 2.75) is 38.2 Å². The third kappa shape index (κ3) is 4.56. The lowest BCUT2D eigenvalue weighted by atomic mass is 9.95. The van der Waals surface area contributed by atoms with Crippen LogP contribution in [0.15, 0.2) is 50.5 Å². The van der Waals surface area contributed by atoms with E-state index in [1.54, 1.807) is 6.07 Å². The summed E-state index contributed by atoms with van der Waals surface area (Å²) < 4.78 is 33.8. The molecule has 0 unspecified atom stereocenters. The first-order chi connectivity index (χ1) is 14.0. The maximum Gasteiger partial charge on any atom is 0.338 e. The lowest BCUT2D eigenvalue weighted by molar-refractivity contribution is 0.0473. The van der Waals surface area contributed by atoms with Gasteiger partial charge in [-0.25, -0.2) is 23.1 Å². The van der Waals surface area contributed by atoms with E-state index >= 15 is 0 Å². The molecule has 3 rings (SSSR count). The van der Waals surface area contributed by atoms with Crippen molar-refractivity contribution in [3.8, 4) is 0 Å². The van der Waals surface area contributed by atoms with Crippen molar-refractivity contribution in [3.05, 3.63) is 74.1 Å². The molecule has 0 spiro atoms. The minimum Gasteiger partial charge on any atom is -0.457 e. The molecule has 9 heteroatoms. The molecule has 1 heterocycles. The van der Waals surface area contributed by atoms with Gasteiger partial charge in [0, 0.05) is 17.0 Å². The molecular formula is C21H20ClNO6S. The minimum atomic E-state index is -4.10. The fourth-order valence-electron chi connectivity index (χ4n) is 3.21. The Hall–Kier alpha value is -2.68. The highest BCUT2D eigenvalue weighted by Crippen LogP contribution is 2.27. The van der Waals surface area contributed by atoms with E-state index in [1.807, 2.05) is 13.0 Å². The molecule has 3 aromatic rings. The number of halogens is 1. The third-order valence-electron chi connectivity index (χ3n) is 4.67. The van der Waals surface area contributed by atoms with Crippen molar-refractivity contribution >= 4 is 38.6 Å². The van der Waals surface area contributed by atoms with Crippen LogP contribution in [0.2, 0.25) is 5.02 Å². The highest BCUT2D eigenvalue weighted by molar-refractivity contribution is 7.89. The maximum atomic E-state index is 12.5. The standard InChI is InChI=1S/C21H20ClNO6S/c1-11(2)15-9-16-14(8-20(24)29-18(16)6-12(15)3)10-28-21(25)13-4-5-17(22)19(7-13)30(23,26)27/h4-9,11H,10H2,1-3H3,(H2,23,26,27). The number of esters is 1. The van der Waals surface area contributed by atoms with Crippen LogP contribution in [0.4, 0.5) is 0 Å². The predicted octanol–water partition coefficient (Wildman–Crippen LogP) is 3.88. The Bertz CT molecular complexity index is 1310. The molecule has 158 valence electrons. The van der Waals surface area contributed by atoms with Crippen LogP contribution < -0.4 is 10.8 Å². The van der Waals surface area contributed by atoms with Gasteiger partial charge >= 0.3 is 11.6 Å². The average Bonchev–Trinajstić information content (AvgIpc) is 2.64. The van der Waals surface area contributed by atoms with Gasteiger partial charge in [0.2, 0.25) is 10.0 Å². The largest absolute Gasteiger partial charge is 0.457 e. The first-order valence-electron chi connectivity index (χ1n) is 9.04. The van der Waals surface area contributed by atoms with E-state index in [0.717, 1.165) is 17.2 Å². The quantitative estimate of drug-likeness (QED) is 0.466. The number of fused-ring (bicyclic) bond motifs is 1. The van der Waals surface area contributed by atoms with E-state index in [1.165, 1.54) is 18.2 Å². The molecule has 30 heavy (non-hydrogen) atoms. The smallest absolute Gasteiger partial charge is 0.338 e. The Morgan fingerprint density at radius 1 is 1.20 bits per heavy atom. The maximum absolute atomic E-state index is 12.5. The highest BCUT2D eigenvalue weighted by atomic mass is 35.5. The number of ether oxygens (including phenoxy) is 1. The van der Waals surface area contributed by atoms with E-state index in [2.05, 4.69) is 13.8 Å². The van der Waals surface area contributed by atoms with Gasteiger partial charge in [0.1, 0.15) is 17.1 Å². The molecule has 1 aromatic heterocycles. The molecule has 0 aliphatic rings. The number of sulfonamides is 1. The van der Waals surface area contributed by atoms with Crippen LogP contribution in [-0.4, -0.2) is 14.4 Å². The molecule has 0 aliphatic heterocycles. The van der Waals surface area contributed by atoms with Gasteiger partial charge in [0.25, 0.3) is 0 Å². The number of aryl methyl sites for hydroxylation is 1. The van der Waals surface area contributed by atoms with Crippen molar-refractivity contribution in [2.24, 2.45) is 5.14 Å². The Morgan fingerprint density at radius 2 is 1.90 bits per heavy atom. The Kier molecular flexibility index (Phi) is 6.03. The van der Waals surface area contributed by atoms with Crippen LogP contribution in [0.3, 0.4) is 0 Å². The van der Waals surface area contributed by atoms with Gasteiger partial charge in [0.05, 0.1) is 10.6 Å². The molecular weight excluding hydrogens is 430 g/mol. The summed E-state index contributed by atoms with van der Waals surface area (Å²) in [6.45, 7) is 5.84. The van der Waals surface area contributed by atoms with Gasteiger partial charge < -0.3 is 9.15 Å². The number of hydrogen-bond acceptors (Lipinski definition) is 6. The summed E-state index contributed by atoms with van der Waals surface area (Å²) in [6, 6.07) is 8.61. The van der Waals surface area contributed by atoms with E-state index in [4.69, 9.17) is 25.9 Å². The van der Waals surface area contributed by atoms with Crippen molar-refractivity contribution in [1.29, 1.82) is 0 Å². The second kappa shape index (κ2) is 8.22. The van der Waals surface area contributed by atoms with Gasteiger partial charge in [0.15, 0.2) is 0 Å². The minimum absolute atomic E-state index is 0.0330. The molecule has 0 bridgehead atoms. The van der Waals surface area contributed by atoms with Gasteiger partial charge in [-0.3, -0.25) is 0 Å². The first-order valence-corrected chi connectivity index (χ1v) is 11.0. The Morgan fingerprint density at radius 3 is 2.53 bits per heavy atom. The van der Waals surface area contributed by atoms with Crippen molar-refractivity contribution < 1.29 is 22.4 Å². The van der Waals surface area contributed by atoms with Crippen LogP contribution in [0.1, 0.15) is 46.8 Å². The molecule has 0 fully saturated rings. The number of nitrogens with two attached hydrogens (primary N) is 1. The molecule has 0 saturated heterocycles. The van der Waals surface area contributed by atoms with E-state index in [0.29, 0.717) is 16.5 Å². The van der Waals surface area contributed by atoms with Crippen molar-refractivity contribution in [1.82, 2.24) is 0 Å². The van der Waals surface area contributed by atoms with Crippen molar-refractivity contribution in [3.63, 3.8) is 0 Å². The summed E-state index contributed by atoms with van der Waals surface area (Å²) in [4.78, 5) is 24.0. The van der Waals surface area contributed by atoms with Gasteiger partial charge in [-0.05, 0) is 54.3 Å². The van der Waals surface area contributed by atoms with Crippen LogP contribution >= 0.6 is 11.6 Å². The molecule has 0 aliphatic carbocycles. The van der Waals surface area contributed by atoms with Gasteiger partial charge in [-0.2, -0.15) is 0 Å². The second-order valence-corrected chi connectivity index (χ2v) is 9.15. The number of rotatable bonds is 5. The molecule has 0 saturated carbocycles. The molecule has 2 N–H and O–H groups in total. The fourth-order valence-corrected chi connectivity index (χ4v) is 4.28. The van der Waals surface area contributed by atoms with Gasteiger partial charge in [-0.15, -0.1) is 0 Å². The first kappa shape index (κ1) is 22.0. The van der Waals surface area contributed by atoms with E-state index in [-0.39, 0.29) is 28.0 Å². The normalized spacial score (nSPS) is 11.8. The monoisotopic (exact) mass is 449 g/mol. The summed E-state index contributed by atoms with van der Waals surface area (Å²) in [6.07, 6.45) is 0. The summed E-state index contributed by atoms with van der Waals surface area (Å²) in [5.41, 5.74) is 2.36. The zero-order valence-electron chi connectivity index (χ0n) is 16.6. The summed E-state index contributed by atoms with van der Waals surface area (Å²) in [5, 5.41) is 5.68. The number of primary sulfonamides is 1. The number of carbonyl (C=O) groups excluding carboxylic acids is 1. The van der Waals surface area contributed by atoms with Crippen LogP contribution in [0.25, 0.3) is 11.0 Å². The molecule has 2 aromatic carbocycles. The van der Waals surface area contributed by atoms with Crippen LogP contribution in [0.5, 0.6) is 0 Å². The Labute approximate surface area is 178 Å². The van der Waals surface area contributed by atoms with Crippen molar-refractivity contribution in [2.75, 3.05) is 0 Å². The van der Waals surface area contributed by atoms with E-state index in [9.17, 15) is 18.0 Å². The summed E-state index contributed by atoms with van der Waals surface area (Å²) >= 11 is 5.84. The lowest BCUT2D eigenvalue weighted by Gasteiger charge is -2.13. The number of carbonyl (C=O) groups is 1. The predicted molar refractivity (Wildman–Crippen MR) is 113 cm³/mol. The van der Waals surface area contributed by atoms with Crippen LogP contribution in [0, 0.1) is 6.92 Å². The number of hydrogen-bond donors (Lipinski definition) is 1. The lowest BCUT2D eigenvalue weighted by Crippen LogP contribution is -2.14. The zero-order valence-corrected chi connectivity index (χ0v) is 18.1. The SMILES string of the molecule is Cc1cc2oc(=O)cc(COC(=O)c3ccc(Cl)c(S(N)(=O)=O)c3)c2cc1C(C)C. The zero-order chi connectivity index (χ0) is 22.2. The number of benzene rings is 2. The fraction of sp³-hybridized carbons (Fsp3) is 0.238. The molecule has 0 radical (unpaired) electrons. The summed E-state index contributed by atoms with van der Waals surface area (Å²) in [7, 11) is -4.10. The third-order valence-corrected chi connectivity index (χ3v) is 6.06. The topological polar surface area (TPSA) is 117 Å². The molecule has 7 nitrogen and oxygen atoms in total. The molecule has 0 amide bonds. The Balaban J connectivity index is 1.95. The highest BCUT2D eigenvalue weighted by Gasteiger charge is 2.18. The average molecular weight is 450 g/mol. The van der Waals surface area contributed by atoms with Crippen LogP contribution in [-0.2, 0) is 21.4 Å². The van der Waals surface area contributed by atoms with E-state index < -0.39 is 21.6 Å². The van der Waals surface area contributed by atoms with Gasteiger partial charge in [-0.1, -0.05) is 25.4 Å². The molecule has 0 atom stereocenters. The second-order valence-electron chi connectivity index (χ2n) is 7.22.